The number of hydrogen-bond donors (Lipinski definition) is 2. The zero-order valence-corrected chi connectivity index (χ0v) is 15.2. The van der Waals surface area contributed by atoms with Crippen LogP contribution in [0.15, 0.2) is 12.1 Å². The van der Waals surface area contributed by atoms with E-state index < -0.39 is 42.8 Å². The van der Waals surface area contributed by atoms with Crippen LogP contribution in [-0.2, 0) is 4.79 Å². The van der Waals surface area contributed by atoms with Crippen molar-refractivity contribution in [3.8, 4) is 5.75 Å². The lowest BCUT2D eigenvalue weighted by molar-refractivity contribution is -0.122. The van der Waals surface area contributed by atoms with Crippen molar-refractivity contribution in [1.82, 2.24) is 9.55 Å². The van der Waals surface area contributed by atoms with Crippen LogP contribution in [0.1, 0.15) is 45.1 Å². The molecule has 2 aromatic rings. The molecule has 1 amide bonds. The number of anilines is 1. The Morgan fingerprint density at radius 3 is 2.71 bits per heavy atom. The van der Waals surface area contributed by atoms with Crippen molar-refractivity contribution in [2.75, 3.05) is 12.0 Å². The number of hydrogen-bond acceptors (Lipinski definition) is 4. The number of rotatable bonds is 8. The van der Waals surface area contributed by atoms with E-state index in [-0.39, 0.29) is 29.4 Å². The number of amides is 1. The van der Waals surface area contributed by atoms with Gasteiger partial charge >= 0.3 is 6.61 Å². The maximum Gasteiger partial charge on any atom is 0.387 e. The molecular formula is C18H21F4N3O3. The topological polar surface area (TPSA) is 76.4 Å². The van der Waals surface area contributed by atoms with Gasteiger partial charge in [0.1, 0.15) is 17.8 Å². The number of imidazole rings is 1. The van der Waals surface area contributed by atoms with Crippen LogP contribution in [0.5, 0.6) is 5.75 Å². The van der Waals surface area contributed by atoms with E-state index in [1.54, 1.807) is 6.92 Å². The van der Waals surface area contributed by atoms with Crippen molar-refractivity contribution < 1.29 is 32.2 Å². The number of carbonyl (C=O) groups is 1. The van der Waals surface area contributed by atoms with Gasteiger partial charge in [0.25, 0.3) is 0 Å². The minimum absolute atomic E-state index is 0.0232. The van der Waals surface area contributed by atoms with Gasteiger partial charge in [-0.15, -0.1) is 0 Å². The smallest absolute Gasteiger partial charge is 0.387 e. The number of ether oxygens (including phenoxy) is 1. The van der Waals surface area contributed by atoms with Gasteiger partial charge in [-0.3, -0.25) is 10.1 Å². The maximum absolute atomic E-state index is 14.8. The van der Waals surface area contributed by atoms with Gasteiger partial charge in [0.15, 0.2) is 11.6 Å². The molecule has 0 aliphatic heterocycles. The van der Waals surface area contributed by atoms with Crippen molar-refractivity contribution in [3.63, 3.8) is 0 Å². The van der Waals surface area contributed by atoms with Crippen LogP contribution in [0.25, 0.3) is 11.0 Å². The quantitative estimate of drug-likeness (QED) is 0.655. The molecule has 2 N–H and O–H groups in total. The van der Waals surface area contributed by atoms with Crippen LogP contribution in [0.2, 0.25) is 0 Å². The molecule has 10 heteroatoms. The Morgan fingerprint density at radius 2 is 2.18 bits per heavy atom. The number of nitrogens with one attached hydrogen (secondary N) is 1. The zero-order chi connectivity index (χ0) is 20.5. The first-order chi connectivity index (χ1) is 13.3. The fraction of sp³-hybridized carbons (Fsp3) is 0.556. The zero-order valence-electron chi connectivity index (χ0n) is 15.2. The van der Waals surface area contributed by atoms with Crippen LogP contribution < -0.4 is 10.1 Å². The molecular weight excluding hydrogens is 382 g/mol. The van der Waals surface area contributed by atoms with E-state index in [0.29, 0.717) is 12.8 Å². The molecule has 1 unspecified atom stereocenters. The van der Waals surface area contributed by atoms with Crippen LogP contribution in [0.4, 0.5) is 23.5 Å². The molecule has 0 radical (unpaired) electrons. The molecule has 1 aliphatic carbocycles. The Balaban J connectivity index is 1.98. The van der Waals surface area contributed by atoms with E-state index >= 15 is 0 Å². The summed E-state index contributed by atoms with van der Waals surface area (Å²) in [5, 5.41) is 12.5. The Kier molecular flexibility index (Phi) is 5.78. The molecule has 0 bridgehead atoms. The predicted molar refractivity (Wildman–Crippen MR) is 93.7 cm³/mol. The molecule has 1 atom stereocenters. The summed E-state index contributed by atoms with van der Waals surface area (Å²) < 4.78 is 58.5. The highest BCUT2D eigenvalue weighted by Crippen LogP contribution is 2.39. The predicted octanol–water partition coefficient (Wildman–Crippen LogP) is 3.94. The monoisotopic (exact) mass is 403 g/mol. The Bertz CT molecular complexity index is 863. The number of fused-ring (bicyclic) bond motifs is 1. The standard InChI is InChI=1S/C18H21F4N3O3/c1-2-18(27,9-19)8-13(26)24-17-23-11-6-7-12(28-16(21)22)14(20)15(11)25(17)10-4-3-5-10/h6-7,10,16,27H,2-5,8-9H2,1H3,(H,23,24,26). The van der Waals surface area contributed by atoms with Crippen molar-refractivity contribution in [2.24, 2.45) is 0 Å². The lowest BCUT2D eigenvalue weighted by atomic mass is 9.92. The summed E-state index contributed by atoms with van der Waals surface area (Å²) >= 11 is 0. The molecule has 3 rings (SSSR count). The van der Waals surface area contributed by atoms with Gasteiger partial charge in [-0.25, -0.2) is 13.8 Å². The lowest BCUT2D eigenvalue weighted by Crippen LogP contribution is -2.36. The summed E-state index contributed by atoms with van der Waals surface area (Å²) in [6, 6.07) is 2.21. The highest BCUT2D eigenvalue weighted by Gasteiger charge is 2.31. The minimum Gasteiger partial charge on any atom is -0.432 e. The summed E-state index contributed by atoms with van der Waals surface area (Å²) in [6.07, 6.45) is 1.85. The molecule has 0 saturated heterocycles. The Hall–Kier alpha value is -2.36. The first-order valence-electron chi connectivity index (χ1n) is 9.01. The molecule has 1 aliphatic rings. The summed E-state index contributed by atoms with van der Waals surface area (Å²) in [5.74, 6) is -2.26. The normalized spacial score (nSPS) is 16.8. The van der Waals surface area contributed by atoms with E-state index in [0.717, 1.165) is 12.5 Å². The Morgan fingerprint density at radius 1 is 1.46 bits per heavy atom. The molecule has 1 aromatic carbocycles. The second-order valence-electron chi connectivity index (χ2n) is 6.95. The van der Waals surface area contributed by atoms with E-state index in [4.69, 9.17) is 0 Å². The van der Waals surface area contributed by atoms with Crippen LogP contribution in [0, 0.1) is 5.82 Å². The number of halogens is 4. The highest BCUT2D eigenvalue weighted by atomic mass is 19.3. The van der Waals surface area contributed by atoms with Gasteiger partial charge in [-0.2, -0.15) is 8.78 Å². The minimum atomic E-state index is -3.18. The number of aromatic nitrogens is 2. The number of alkyl halides is 3. The number of benzene rings is 1. The lowest BCUT2D eigenvalue weighted by Gasteiger charge is -2.29. The third-order valence-corrected chi connectivity index (χ3v) is 5.06. The van der Waals surface area contributed by atoms with Crippen LogP contribution in [-0.4, -0.2) is 39.5 Å². The van der Waals surface area contributed by atoms with E-state index in [1.165, 1.54) is 10.6 Å². The summed E-state index contributed by atoms with van der Waals surface area (Å²) in [4.78, 5) is 16.5. The second kappa shape index (κ2) is 7.94. The van der Waals surface area contributed by atoms with Gasteiger partial charge in [0.2, 0.25) is 11.9 Å². The molecule has 0 spiro atoms. The van der Waals surface area contributed by atoms with Gasteiger partial charge in [-0.05, 0) is 37.8 Å². The second-order valence-corrected chi connectivity index (χ2v) is 6.95. The molecule has 6 nitrogen and oxygen atoms in total. The van der Waals surface area contributed by atoms with Crippen LogP contribution in [0.3, 0.4) is 0 Å². The highest BCUT2D eigenvalue weighted by molar-refractivity contribution is 5.92. The first kappa shape index (κ1) is 20.4. The van der Waals surface area contributed by atoms with E-state index in [1.807, 2.05) is 0 Å². The van der Waals surface area contributed by atoms with Crippen molar-refractivity contribution in [3.05, 3.63) is 17.9 Å². The van der Waals surface area contributed by atoms with Crippen molar-refractivity contribution in [1.29, 1.82) is 0 Å². The fourth-order valence-electron chi connectivity index (χ4n) is 3.14. The largest absolute Gasteiger partial charge is 0.432 e. The third kappa shape index (κ3) is 3.91. The molecule has 1 aromatic heterocycles. The molecule has 1 fully saturated rings. The van der Waals surface area contributed by atoms with Crippen molar-refractivity contribution in [2.45, 2.75) is 57.3 Å². The van der Waals surface area contributed by atoms with E-state index in [2.05, 4.69) is 15.0 Å². The van der Waals surface area contributed by atoms with Gasteiger partial charge in [0.05, 0.1) is 11.9 Å². The number of nitrogens with zero attached hydrogens (tertiary/aromatic N) is 2. The molecule has 154 valence electrons. The Labute approximate surface area is 158 Å². The summed E-state index contributed by atoms with van der Waals surface area (Å²) in [7, 11) is 0. The number of aliphatic hydroxyl groups is 1. The molecule has 1 heterocycles. The molecule has 1 saturated carbocycles. The van der Waals surface area contributed by atoms with Gasteiger partial charge in [0, 0.05) is 6.04 Å². The van der Waals surface area contributed by atoms with Crippen molar-refractivity contribution >= 4 is 22.9 Å². The summed E-state index contributed by atoms with van der Waals surface area (Å²) in [6.45, 7) is -2.71. The fourth-order valence-corrected chi connectivity index (χ4v) is 3.14. The summed E-state index contributed by atoms with van der Waals surface area (Å²) in [5.41, 5.74) is -1.67. The molecule has 28 heavy (non-hydrogen) atoms. The average molecular weight is 403 g/mol. The first-order valence-corrected chi connectivity index (χ1v) is 9.01. The van der Waals surface area contributed by atoms with Gasteiger partial charge in [-0.1, -0.05) is 6.92 Å². The van der Waals surface area contributed by atoms with Crippen LogP contribution >= 0.6 is 0 Å². The average Bonchev–Trinajstić information content (AvgIpc) is 2.94. The third-order valence-electron chi connectivity index (χ3n) is 5.06. The van der Waals surface area contributed by atoms with E-state index in [9.17, 15) is 27.5 Å². The SMILES string of the molecule is CCC(O)(CF)CC(=O)Nc1nc2ccc(OC(F)F)c(F)c2n1C1CCC1. The van der Waals surface area contributed by atoms with Gasteiger partial charge < -0.3 is 14.4 Å². The number of carbonyl (C=O) groups excluding carboxylic acids is 1. The maximum atomic E-state index is 14.8.